The minimum atomic E-state index is 0.416. The number of benzene rings is 2. The summed E-state index contributed by atoms with van der Waals surface area (Å²) in [5.41, 5.74) is 2.93. The highest BCUT2D eigenvalue weighted by molar-refractivity contribution is 5.98. The lowest BCUT2D eigenvalue weighted by molar-refractivity contribution is 0.414. The van der Waals surface area contributed by atoms with Crippen molar-refractivity contribution in [3.05, 3.63) is 60.4 Å². The molecule has 0 amide bonds. The Labute approximate surface area is 156 Å². The van der Waals surface area contributed by atoms with Crippen molar-refractivity contribution in [1.29, 1.82) is 0 Å². The van der Waals surface area contributed by atoms with Crippen LogP contribution in [0.15, 0.2) is 59.4 Å². The van der Waals surface area contributed by atoms with Crippen LogP contribution in [0.4, 0.5) is 5.82 Å². The molecule has 4 rings (SSSR count). The van der Waals surface area contributed by atoms with Gasteiger partial charge in [0.25, 0.3) is 5.71 Å². The van der Waals surface area contributed by atoms with Gasteiger partial charge in [-0.3, -0.25) is 0 Å². The predicted octanol–water partition coefficient (Wildman–Crippen LogP) is 3.91. The van der Waals surface area contributed by atoms with Crippen LogP contribution in [0.3, 0.4) is 0 Å². The zero-order chi connectivity index (χ0) is 18.6. The molecule has 0 atom stereocenters. The van der Waals surface area contributed by atoms with Crippen LogP contribution in [0, 0.1) is 0 Å². The van der Waals surface area contributed by atoms with Crippen molar-refractivity contribution >= 4 is 16.9 Å². The molecule has 4 aromatic rings. The lowest BCUT2D eigenvalue weighted by atomic mass is 10.1. The summed E-state index contributed by atoms with van der Waals surface area (Å²) in [5, 5.41) is 8.25. The molecular formula is C20H18N4O3. The van der Waals surface area contributed by atoms with E-state index in [0.29, 0.717) is 34.9 Å². The highest BCUT2D eigenvalue weighted by Gasteiger charge is 2.19. The summed E-state index contributed by atoms with van der Waals surface area (Å²) >= 11 is 0. The number of hydrogen-bond donors (Lipinski definition) is 1. The van der Waals surface area contributed by atoms with Gasteiger partial charge in [-0.05, 0) is 29.8 Å². The van der Waals surface area contributed by atoms with E-state index in [1.54, 1.807) is 14.2 Å². The van der Waals surface area contributed by atoms with Gasteiger partial charge in [-0.15, -0.1) is 0 Å². The zero-order valence-electron chi connectivity index (χ0n) is 15.0. The predicted molar refractivity (Wildman–Crippen MR) is 102 cm³/mol. The first-order valence-corrected chi connectivity index (χ1v) is 8.40. The van der Waals surface area contributed by atoms with Gasteiger partial charge >= 0.3 is 0 Å². The molecule has 2 aromatic carbocycles. The van der Waals surface area contributed by atoms with Crippen molar-refractivity contribution in [1.82, 2.24) is 15.1 Å². The molecule has 0 aliphatic heterocycles. The Balaban J connectivity index is 1.72. The second-order valence-corrected chi connectivity index (χ2v) is 5.84. The molecule has 0 aliphatic carbocycles. The number of anilines is 1. The van der Waals surface area contributed by atoms with Crippen molar-refractivity contribution in [2.45, 2.75) is 6.54 Å². The Bertz CT molecular complexity index is 1080. The van der Waals surface area contributed by atoms with E-state index in [-0.39, 0.29) is 0 Å². The average Bonchev–Trinajstić information content (AvgIpc) is 3.17. The highest BCUT2D eigenvalue weighted by Crippen LogP contribution is 2.36. The normalized spacial score (nSPS) is 10.7. The molecule has 0 radical (unpaired) electrons. The fraction of sp³-hybridized carbons (Fsp3) is 0.150. The van der Waals surface area contributed by atoms with Gasteiger partial charge in [0.2, 0.25) is 0 Å². The van der Waals surface area contributed by atoms with Crippen molar-refractivity contribution in [2.24, 2.45) is 0 Å². The van der Waals surface area contributed by atoms with E-state index in [1.807, 2.05) is 48.5 Å². The van der Waals surface area contributed by atoms with Gasteiger partial charge in [-0.2, -0.15) is 4.98 Å². The number of para-hydroxylation sites is 1. The van der Waals surface area contributed by atoms with Crippen molar-refractivity contribution in [3.63, 3.8) is 0 Å². The van der Waals surface area contributed by atoms with Crippen LogP contribution in [0.25, 0.3) is 22.4 Å². The largest absolute Gasteiger partial charge is 0.497 e. The van der Waals surface area contributed by atoms with Crippen LogP contribution in [-0.2, 0) is 6.54 Å². The number of hydrogen-bond acceptors (Lipinski definition) is 7. The SMILES string of the molecule is COc1cccc(CNc2ncnc3onc(-c4ccccc4OC)c23)c1. The maximum Gasteiger partial charge on any atom is 0.263 e. The molecule has 7 heteroatoms. The first-order valence-electron chi connectivity index (χ1n) is 8.40. The third kappa shape index (κ3) is 3.27. The molecule has 1 N–H and O–H groups in total. The van der Waals surface area contributed by atoms with Gasteiger partial charge in [0.05, 0.1) is 14.2 Å². The van der Waals surface area contributed by atoms with E-state index in [2.05, 4.69) is 20.4 Å². The summed E-state index contributed by atoms with van der Waals surface area (Å²) in [5.74, 6) is 2.15. The van der Waals surface area contributed by atoms with E-state index >= 15 is 0 Å². The third-order valence-corrected chi connectivity index (χ3v) is 4.23. The summed E-state index contributed by atoms with van der Waals surface area (Å²) in [6.45, 7) is 0.569. The van der Waals surface area contributed by atoms with Crippen LogP contribution in [-0.4, -0.2) is 29.3 Å². The molecule has 0 unspecified atom stereocenters. The summed E-state index contributed by atoms with van der Waals surface area (Å²) in [4.78, 5) is 8.57. The molecule has 2 aromatic heterocycles. The molecule has 136 valence electrons. The molecule has 7 nitrogen and oxygen atoms in total. The van der Waals surface area contributed by atoms with Gasteiger partial charge in [0, 0.05) is 12.1 Å². The number of nitrogens with zero attached hydrogens (tertiary/aromatic N) is 3. The first kappa shape index (κ1) is 16.8. The number of aromatic nitrogens is 3. The Kier molecular flexibility index (Phi) is 4.57. The van der Waals surface area contributed by atoms with Gasteiger partial charge in [-0.25, -0.2) is 4.98 Å². The second-order valence-electron chi connectivity index (χ2n) is 5.84. The van der Waals surface area contributed by atoms with Crippen molar-refractivity contribution in [2.75, 3.05) is 19.5 Å². The zero-order valence-corrected chi connectivity index (χ0v) is 15.0. The van der Waals surface area contributed by atoms with Gasteiger partial charge in [-0.1, -0.05) is 29.4 Å². The lowest BCUT2D eigenvalue weighted by Crippen LogP contribution is -2.03. The second kappa shape index (κ2) is 7.33. The topological polar surface area (TPSA) is 82.3 Å². The molecule has 2 heterocycles. The third-order valence-electron chi connectivity index (χ3n) is 4.23. The highest BCUT2D eigenvalue weighted by atomic mass is 16.5. The van der Waals surface area contributed by atoms with E-state index in [4.69, 9.17) is 14.0 Å². The summed E-state index contributed by atoms with van der Waals surface area (Å²) in [6, 6.07) is 15.5. The van der Waals surface area contributed by atoms with Crippen molar-refractivity contribution in [3.8, 4) is 22.8 Å². The summed E-state index contributed by atoms with van der Waals surface area (Å²) in [7, 11) is 3.27. The van der Waals surface area contributed by atoms with Gasteiger partial charge in [0.15, 0.2) is 0 Å². The van der Waals surface area contributed by atoms with Crippen LogP contribution in [0.2, 0.25) is 0 Å². The maximum absolute atomic E-state index is 5.46. The fourth-order valence-electron chi connectivity index (χ4n) is 2.91. The molecule has 27 heavy (non-hydrogen) atoms. The molecular weight excluding hydrogens is 344 g/mol. The quantitative estimate of drug-likeness (QED) is 0.557. The standard InChI is InChI=1S/C20H18N4O3/c1-25-14-7-5-6-13(10-14)11-21-19-17-18(24-27-20(17)23-12-22-19)15-8-3-4-9-16(15)26-2/h3-10,12H,11H2,1-2H3,(H,21,22,23). The number of ether oxygens (including phenoxy) is 2. The van der Waals surface area contributed by atoms with Gasteiger partial charge < -0.3 is 19.3 Å². The van der Waals surface area contributed by atoms with Gasteiger partial charge in [0.1, 0.15) is 34.7 Å². The molecule has 0 saturated heterocycles. The Morgan fingerprint density at radius 1 is 1.00 bits per heavy atom. The van der Waals surface area contributed by atoms with Crippen LogP contribution >= 0.6 is 0 Å². The van der Waals surface area contributed by atoms with Crippen molar-refractivity contribution < 1.29 is 14.0 Å². The van der Waals surface area contributed by atoms with Crippen LogP contribution in [0.1, 0.15) is 5.56 Å². The smallest absolute Gasteiger partial charge is 0.263 e. The Morgan fingerprint density at radius 2 is 1.89 bits per heavy atom. The van der Waals surface area contributed by atoms with Crippen LogP contribution in [0.5, 0.6) is 11.5 Å². The van der Waals surface area contributed by atoms with E-state index < -0.39 is 0 Å². The molecule has 0 spiro atoms. The minimum Gasteiger partial charge on any atom is -0.497 e. The summed E-state index contributed by atoms with van der Waals surface area (Å²) in [6.07, 6.45) is 1.45. The Morgan fingerprint density at radius 3 is 2.74 bits per heavy atom. The van der Waals surface area contributed by atoms with E-state index in [9.17, 15) is 0 Å². The number of rotatable bonds is 6. The minimum absolute atomic E-state index is 0.416. The lowest BCUT2D eigenvalue weighted by Gasteiger charge is -2.09. The van der Waals surface area contributed by atoms with Crippen LogP contribution < -0.4 is 14.8 Å². The van der Waals surface area contributed by atoms with E-state index in [0.717, 1.165) is 16.9 Å². The molecule has 0 fully saturated rings. The molecule has 0 saturated carbocycles. The fourth-order valence-corrected chi connectivity index (χ4v) is 2.91. The first-order chi connectivity index (χ1) is 13.3. The monoisotopic (exact) mass is 362 g/mol. The number of fused-ring (bicyclic) bond motifs is 1. The molecule has 0 bridgehead atoms. The summed E-state index contributed by atoms with van der Waals surface area (Å²) < 4.78 is 16.1. The molecule has 0 aliphatic rings. The number of methoxy groups -OCH3 is 2. The Hall–Kier alpha value is -3.61. The number of nitrogens with one attached hydrogen (secondary N) is 1. The van der Waals surface area contributed by atoms with E-state index in [1.165, 1.54) is 6.33 Å². The average molecular weight is 362 g/mol. The maximum atomic E-state index is 5.46.